The van der Waals surface area contributed by atoms with Crippen molar-refractivity contribution in [1.29, 1.82) is 0 Å². The maximum Gasteiger partial charge on any atom is 0.00793 e. The van der Waals surface area contributed by atoms with Gasteiger partial charge in [0.05, 0.1) is 0 Å². The van der Waals surface area contributed by atoms with Gasteiger partial charge < -0.3 is 10.6 Å². The Kier molecular flexibility index (Phi) is 5.37. The maximum absolute atomic E-state index is 3.59. The molecule has 1 saturated carbocycles. The molecule has 2 heteroatoms. The second-order valence-electron chi connectivity index (χ2n) is 3.64. The normalized spacial score (nSPS) is 19.8. The molecule has 2 nitrogen and oxygen atoms in total. The van der Waals surface area contributed by atoms with Gasteiger partial charge in [-0.1, -0.05) is 26.2 Å². The summed E-state index contributed by atoms with van der Waals surface area (Å²) in [6.45, 7) is 5.50. The van der Waals surface area contributed by atoms with E-state index in [2.05, 4.69) is 17.6 Å². The Morgan fingerprint density at radius 3 is 2.50 bits per heavy atom. The van der Waals surface area contributed by atoms with Crippen molar-refractivity contribution in [2.45, 2.75) is 45.1 Å². The lowest BCUT2D eigenvalue weighted by molar-refractivity contribution is 0.373. The van der Waals surface area contributed by atoms with E-state index in [0.29, 0.717) is 0 Å². The van der Waals surface area contributed by atoms with Crippen molar-refractivity contribution in [2.75, 3.05) is 19.6 Å². The van der Waals surface area contributed by atoms with Crippen molar-refractivity contribution < 1.29 is 0 Å². The highest BCUT2D eigenvalue weighted by Gasteiger charge is 2.11. The zero-order valence-corrected chi connectivity index (χ0v) is 8.23. The van der Waals surface area contributed by atoms with Gasteiger partial charge in [-0.3, -0.25) is 0 Å². The van der Waals surface area contributed by atoms with Gasteiger partial charge >= 0.3 is 0 Å². The van der Waals surface area contributed by atoms with Crippen molar-refractivity contribution in [2.24, 2.45) is 0 Å². The Balaban J connectivity index is 1.91. The summed E-state index contributed by atoms with van der Waals surface area (Å²) in [6.07, 6.45) is 7.10. The molecular weight excluding hydrogens is 148 g/mol. The highest BCUT2D eigenvalue weighted by atomic mass is 15.0. The molecule has 0 aliphatic heterocycles. The lowest BCUT2D eigenvalue weighted by Gasteiger charge is -2.22. The fraction of sp³-hybridized carbons (Fsp3) is 1.00. The van der Waals surface area contributed by atoms with Gasteiger partial charge in [0, 0.05) is 19.1 Å². The number of rotatable bonds is 5. The molecule has 0 bridgehead atoms. The van der Waals surface area contributed by atoms with Gasteiger partial charge in [0.15, 0.2) is 0 Å². The molecule has 0 aromatic carbocycles. The van der Waals surface area contributed by atoms with Crippen LogP contribution in [0.2, 0.25) is 0 Å². The number of hydrogen-bond donors (Lipinski definition) is 2. The van der Waals surface area contributed by atoms with Crippen LogP contribution in [-0.4, -0.2) is 25.7 Å². The Hall–Kier alpha value is -0.0800. The topological polar surface area (TPSA) is 24.1 Å². The van der Waals surface area contributed by atoms with E-state index in [9.17, 15) is 0 Å². The predicted octanol–water partition coefficient (Wildman–Crippen LogP) is 1.52. The fourth-order valence-electron chi connectivity index (χ4n) is 1.85. The number of likely N-dealkylation sites (N-methyl/N-ethyl adjacent to an activating group) is 1. The summed E-state index contributed by atoms with van der Waals surface area (Å²) in [5, 5.41) is 6.92. The van der Waals surface area contributed by atoms with E-state index in [1.54, 1.807) is 0 Å². The van der Waals surface area contributed by atoms with Gasteiger partial charge in [-0.15, -0.1) is 0 Å². The summed E-state index contributed by atoms with van der Waals surface area (Å²) in [4.78, 5) is 0. The molecule has 12 heavy (non-hydrogen) atoms. The molecule has 2 N–H and O–H groups in total. The molecule has 0 spiro atoms. The Bertz CT molecular complexity index is 98.0. The van der Waals surface area contributed by atoms with Crippen molar-refractivity contribution in [1.82, 2.24) is 10.6 Å². The third kappa shape index (κ3) is 4.07. The minimum Gasteiger partial charge on any atom is -0.316 e. The molecule has 1 fully saturated rings. The molecular formula is C10H22N2. The Labute approximate surface area is 76.1 Å². The van der Waals surface area contributed by atoms with Gasteiger partial charge in [0.2, 0.25) is 0 Å². The second kappa shape index (κ2) is 6.44. The first kappa shape index (κ1) is 10.0. The average molecular weight is 170 g/mol. The number of hydrogen-bond acceptors (Lipinski definition) is 2. The molecule has 1 aliphatic carbocycles. The largest absolute Gasteiger partial charge is 0.316 e. The zero-order valence-electron chi connectivity index (χ0n) is 8.23. The van der Waals surface area contributed by atoms with E-state index >= 15 is 0 Å². The quantitative estimate of drug-likeness (QED) is 0.611. The van der Waals surface area contributed by atoms with Crippen molar-refractivity contribution >= 4 is 0 Å². The third-order valence-electron chi connectivity index (χ3n) is 2.59. The summed E-state index contributed by atoms with van der Waals surface area (Å²) in [5.41, 5.74) is 0. The SMILES string of the molecule is CCNCCNC1CCCCC1. The highest BCUT2D eigenvalue weighted by Crippen LogP contribution is 2.16. The molecule has 0 unspecified atom stereocenters. The summed E-state index contributed by atoms with van der Waals surface area (Å²) < 4.78 is 0. The minimum absolute atomic E-state index is 0.817. The van der Waals surface area contributed by atoms with E-state index in [4.69, 9.17) is 0 Å². The van der Waals surface area contributed by atoms with Gasteiger partial charge in [0.25, 0.3) is 0 Å². The van der Waals surface area contributed by atoms with Crippen LogP contribution in [0.15, 0.2) is 0 Å². The molecule has 0 heterocycles. The first-order chi connectivity index (χ1) is 5.93. The van der Waals surface area contributed by atoms with E-state index in [-0.39, 0.29) is 0 Å². The molecule has 0 saturated heterocycles. The van der Waals surface area contributed by atoms with Gasteiger partial charge in [-0.2, -0.15) is 0 Å². The standard InChI is InChI=1S/C10H22N2/c1-2-11-8-9-12-10-6-4-3-5-7-10/h10-12H,2-9H2,1H3. The van der Waals surface area contributed by atoms with Crippen LogP contribution >= 0.6 is 0 Å². The van der Waals surface area contributed by atoms with E-state index in [1.165, 1.54) is 32.1 Å². The Morgan fingerprint density at radius 2 is 1.83 bits per heavy atom. The number of nitrogens with one attached hydrogen (secondary N) is 2. The summed E-state index contributed by atoms with van der Waals surface area (Å²) >= 11 is 0. The smallest absolute Gasteiger partial charge is 0.00793 e. The predicted molar refractivity (Wildman–Crippen MR) is 53.4 cm³/mol. The summed E-state index contributed by atoms with van der Waals surface area (Å²) in [7, 11) is 0. The molecule has 0 radical (unpaired) electrons. The summed E-state index contributed by atoms with van der Waals surface area (Å²) in [6, 6.07) is 0.817. The van der Waals surface area contributed by atoms with Crippen LogP contribution in [0.4, 0.5) is 0 Å². The van der Waals surface area contributed by atoms with Crippen molar-refractivity contribution in [3.63, 3.8) is 0 Å². The van der Waals surface area contributed by atoms with Crippen LogP contribution in [-0.2, 0) is 0 Å². The fourth-order valence-corrected chi connectivity index (χ4v) is 1.85. The molecule has 0 aromatic rings. The van der Waals surface area contributed by atoms with Gasteiger partial charge in [-0.05, 0) is 19.4 Å². The molecule has 72 valence electrons. The highest BCUT2D eigenvalue weighted by molar-refractivity contribution is 4.71. The molecule has 0 atom stereocenters. The maximum atomic E-state index is 3.59. The van der Waals surface area contributed by atoms with E-state index in [1.807, 2.05) is 0 Å². The molecule has 0 aromatic heterocycles. The molecule has 1 rings (SSSR count). The third-order valence-corrected chi connectivity index (χ3v) is 2.59. The van der Waals surface area contributed by atoms with E-state index in [0.717, 1.165) is 25.7 Å². The van der Waals surface area contributed by atoms with Crippen molar-refractivity contribution in [3.05, 3.63) is 0 Å². The lowest BCUT2D eigenvalue weighted by atomic mass is 9.95. The van der Waals surface area contributed by atoms with Crippen molar-refractivity contribution in [3.8, 4) is 0 Å². The Morgan fingerprint density at radius 1 is 1.08 bits per heavy atom. The van der Waals surface area contributed by atoms with Gasteiger partial charge in [0.1, 0.15) is 0 Å². The van der Waals surface area contributed by atoms with Crippen LogP contribution < -0.4 is 10.6 Å². The van der Waals surface area contributed by atoms with Crippen LogP contribution in [0.5, 0.6) is 0 Å². The summed E-state index contributed by atoms with van der Waals surface area (Å²) in [5.74, 6) is 0. The second-order valence-corrected chi connectivity index (χ2v) is 3.64. The van der Waals surface area contributed by atoms with Crippen LogP contribution in [0.25, 0.3) is 0 Å². The van der Waals surface area contributed by atoms with Gasteiger partial charge in [-0.25, -0.2) is 0 Å². The van der Waals surface area contributed by atoms with Crippen LogP contribution in [0, 0.1) is 0 Å². The van der Waals surface area contributed by atoms with Crippen LogP contribution in [0.1, 0.15) is 39.0 Å². The lowest BCUT2D eigenvalue weighted by Crippen LogP contribution is -2.36. The first-order valence-electron chi connectivity index (χ1n) is 5.37. The minimum atomic E-state index is 0.817. The first-order valence-corrected chi connectivity index (χ1v) is 5.37. The molecule has 0 amide bonds. The zero-order chi connectivity index (χ0) is 8.65. The average Bonchev–Trinajstić information content (AvgIpc) is 2.14. The van der Waals surface area contributed by atoms with Crippen LogP contribution in [0.3, 0.4) is 0 Å². The monoisotopic (exact) mass is 170 g/mol. The van der Waals surface area contributed by atoms with E-state index < -0.39 is 0 Å². The molecule has 1 aliphatic rings.